The van der Waals surface area contributed by atoms with Crippen LogP contribution in [0.1, 0.15) is 39.7 Å². The predicted molar refractivity (Wildman–Crippen MR) is 86.8 cm³/mol. The molecule has 3 unspecified atom stereocenters. The van der Waals surface area contributed by atoms with E-state index >= 15 is 0 Å². The second-order valence-electron chi connectivity index (χ2n) is 7.17. The Bertz CT molecular complexity index is 474. The van der Waals surface area contributed by atoms with Gasteiger partial charge in [-0.2, -0.15) is 0 Å². The number of piperidine rings is 1. The normalized spacial score (nSPS) is 30.1. The molecule has 1 heterocycles. The highest BCUT2D eigenvalue weighted by molar-refractivity contribution is 5.27. The van der Waals surface area contributed by atoms with E-state index in [4.69, 9.17) is 5.73 Å². The third-order valence-corrected chi connectivity index (χ3v) is 5.49. The third-order valence-electron chi connectivity index (χ3n) is 5.49. The summed E-state index contributed by atoms with van der Waals surface area (Å²) in [6.07, 6.45) is 1.07. The molecule has 0 amide bonds. The highest BCUT2D eigenvalue weighted by Crippen LogP contribution is 2.39. The molecule has 0 aliphatic carbocycles. The third kappa shape index (κ3) is 3.64. The second kappa shape index (κ2) is 6.45. The van der Waals surface area contributed by atoms with Crippen molar-refractivity contribution in [2.45, 2.75) is 45.6 Å². The quantitative estimate of drug-likeness (QED) is 0.921. The number of nitrogens with two attached hydrogens (primary N) is 1. The molecular weight excluding hydrogens is 263 g/mol. The molecule has 0 aromatic heterocycles. The molecule has 1 aromatic carbocycles. The molecule has 0 spiro atoms. The number of halogens is 1. The maximum absolute atomic E-state index is 13.5. The topological polar surface area (TPSA) is 29.3 Å². The van der Waals surface area contributed by atoms with E-state index < -0.39 is 0 Å². The van der Waals surface area contributed by atoms with Crippen molar-refractivity contribution in [1.82, 2.24) is 4.90 Å². The molecule has 2 nitrogen and oxygen atoms in total. The van der Waals surface area contributed by atoms with Crippen molar-refractivity contribution in [1.29, 1.82) is 0 Å². The molecule has 1 saturated heterocycles. The Morgan fingerprint density at radius 2 is 2.14 bits per heavy atom. The summed E-state index contributed by atoms with van der Waals surface area (Å²) >= 11 is 0. The van der Waals surface area contributed by atoms with Gasteiger partial charge in [-0.05, 0) is 54.8 Å². The van der Waals surface area contributed by atoms with Crippen LogP contribution in [0.2, 0.25) is 0 Å². The molecule has 21 heavy (non-hydrogen) atoms. The van der Waals surface area contributed by atoms with Gasteiger partial charge in [0.2, 0.25) is 0 Å². The Labute approximate surface area is 128 Å². The van der Waals surface area contributed by atoms with Crippen LogP contribution in [-0.4, -0.2) is 30.6 Å². The molecule has 2 N–H and O–H groups in total. The number of likely N-dealkylation sites (tertiary alicyclic amines) is 1. The van der Waals surface area contributed by atoms with Crippen LogP contribution in [0.4, 0.5) is 4.39 Å². The standard InChI is InChI=1S/C18H29FN2/c1-13(15(3)20)11-21-9-8-18(4,14(2)12-21)16-6-5-7-17(19)10-16/h5-7,10,13-15H,8-9,11-12,20H2,1-4H3/t13?,14?,15-,18?/m0/s1. The molecule has 1 aromatic rings. The first-order chi connectivity index (χ1) is 9.83. The largest absolute Gasteiger partial charge is 0.328 e. The average molecular weight is 292 g/mol. The van der Waals surface area contributed by atoms with Gasteiger partial charge in [0.25, 0.3) is 0 Å². The van der Waals surface area contributed by atoms with E-state index in [1.807, 2.05) is 6.07 Å². The fourth-order valence-corrected chi connectivity index (χ4v) is 3.33. The van der Waals surface area contributed by atoms with Crippen molar-refractivity contribution in [2.75, 3.05) is 19.6 Å². The van der Waals surface area contributed by atoms with E-state index in [-0.39, 0.29) is 17.3 Å². The zero-order chi connectivity index (χ0) is 15.6. The van der Waals surface area contributed by atoms with Crippen molar-refractivity contribution in [3.05, 3.63) is 35.6 Å². The van der Waals surface area contributed by atoms with Gasteiger partial charge < -0.3 is 10.6 Å². The summed E-state index contributed by atoms with van der Waals surface area (Å²) in [7, 11) is 0. The first kappa shape index (κ1) is 16.4. The maximum Gasteiger partial charge on any atom is 0.123 e. The molecule has 0 bridgehead atoms. The van der Waals surface area contributed by atoms with Crippen LogP contribution < -0.4 is 5.73 Å². The number of benzene rings is 1. The summed E-state index contributed by atoms with van der Waals surface area (Å²) < 4.78 is 13.5. The Balaban J connectivity index is 2.06. The molecule has 0 radical (unpaired) electrons. The van der Waals surface area contributed by atoms with E-state index in [0.29, 0.717) is 11.8 Å². The molecule has 1 fully saturated rings. The highest BCUT2D eigenvalue weighted by Gasteiger charge is 2.38. The summed E-state index contributed by atoms with van der Waals surface area (Å²) in [4.78, 5) is 2.51. The van der Waals surface area contributed by atoms with Crippen molar-refractivity contribution in [2.24, 2.45) is 17.6 Å². The van der Waals surface area contributed by atoms with Crippen molar-refractivity contribution >= 4 is 0 Å². The van der Waals surface area contributed by atoms with Crippen LogP contribution in [0, 0.1) is 17.7 Å². The molecular formula is C18H29FN2. The minimum atomic E-state index is -0.131. The van der Waals surface area contributed by atoms with Crippen LogP contribution in [0.5, 0.6) is 0 Å². The Morgan fingerprint density at radius 3 is 2.71 bits per heavy atom. The van der Waals surface area contributed by atoms with Crippen molar-refractivity contribution in [3.63, 3.8) is 0 Å². The number of rotatable bonds is 4. The lowest BCUT2D eigenvalue weighted by atomic mass is 9.68. The fourth-order valence-electron chi connectivity index (χ4n) is 3.33. The lowest BCUT2D eigenvalue weighted by Crippen LogP contribution is -2.49. The van der Waals surface area contributed by atoms with Gasteiger partial charge in [0.1, 0.15) is 5.82 Å². The number of hydrogen-bond acceptors (Lipinski definition) is 2. The van der Waals surface area contributed by atoms with Gasteiger partial charge in [-0.1, -0.05) is 32.9 Å². The Morgan fingerprint density at radius 1 is 1.43 bits per heavy atom. The smallest absolute Gasteiger partial charge is 0.123 e. The lowest BCUT2D eigenvalue weighted by Gasteiger charge is -2.46. The number of nitrogens with zero attached hydrogens (tertiary/aromatic N) is 1. The summed E-state index contributed by atoms with van der Waals surface area (Å²) in [5.74, 6) is 0.887. The van der Waals surface area contributed by atoms with Gasteiger partial charge in [0, 0.05) is 19.1 Å². The van der Waals surface area contributed by atoms with Gasteiger partial charge in [-0.3, -0.25) is 0 Å². The van der Waals surface area contributed by atoms with E-state index in [1.54, 1.807) is 6.07 Å². The van der Waals surface area contributed by atoms with Crippen LogP contribution in [0.25, 0.3) is 0 Å². The van der Waals surface area contributed by atoms with Gasteiger partial charge in [0.05, 0.1) is 0 Å². The molecule has 3 heteroatoms. The molecule has 0 saturated carbocycles. The van der Waals surface area contributed by atoms with Crippen LogP contribution >= 0.6 is 0 Å². The van der Waals surface area contributed by atoms with E-state index in [9.17, 15) is 4.39 Å². The monoisotopic (exact) mass is 292 g/mol. The Kier molecular flexibility index (Phi) is 5.05. The van der Waals surface area contributed by atoms with E-state index in [0.717, 1.165) is 31.6 Å². The van der Waals surface area contributed by atoms with E-state index in [1.165, 1.54) is 6.07 Å². The molecule has 1 aliphatic heterocycles. The number of hydrogen-bond donors (Lipinski definition) is 1. The molecule has 4 atom stereocenters. The summed E-state index contributed by atoms with van der Waals surface area (Å²) in [5.41, 5.74) is 7.18. The highest BCUT2D eigenvalue weighted by atomic mass is 19.1. The van der Waals surface area contributed by atoms with Crippen LogP contribution in [-0.2, 0) is 5.41 Å². The first-order valence-corrected chi connectivity index (χ1v) is 8.07. The van der Waals surface area contributed by atoms with Crippen LogP contribution in [0.3, 0.4) is 0 Å². The van der Waals surface area contributed by atoms with Crippen molar-refractivity contribution < 1.29 is 4.39 Å². The molecule has 118 valence electrons. The van der Waals surface area contributed by atoms with Gasteiger partial charge in [-0.15, -0.1) is 0 Å². The summed E-state index contributed by atoms with van der Waals surface area (Å²) in [6.45, 7) is 12.0. The predicted octanol–water partition coefficient (Wildman–Crippen LogP) is 3.41. The van der Waals surface area contributed by atoms with E-state index in [2.05, 4.69) is 38.7 Å². The minimum absolute atomic E-state index is 0.0656. The second-order valence-corrected chi connectivity index (χ2v) is 7.17. The maximum atomic E-state index is 13.5. The minimum Gasteiger partial charge on any atom is -0.328 e. The van der Waals surface area contributed by atoms with Gasteiger partial charge >= 0.3 is 0 Å². The fraction of sp³-hybridized carbons (Fsp3) is 0.667. The van der Waals surface area contributed by atoms with Gasteiger partial charge in [0.15, 0.2) is 0 Å². The van der Waals surface area contributed by atoms with Crippen molar-refractivity contribution in [3.8, 4) is 0 Å². The zero-order valence-electron chi connectivity index (χ0n) is 13.8. The lowest BCUT2D eigenvalue weighted by molar-refractivity contribution is 0.0958. The van der Waals surface area contributed by atoms with Crippen LogP contribution in [0.15, 0.2) is 24.3 Å². The zero-order valence-corrected chi connectivity index (χ0v) is 13.8. The first-order valence-electron chi connectivity index (χ1n) is 8.07. The Hall–Kier alpha value is -0.930. The average Bonchev–Trinajstić information content (AvgIpc) is 2.43. The summed E-state index contributed by atoms with van der Waals surface area (Å²) in [6, 6.07) is 7.36. The molecule has 1 aliphatic rings. The van der Waals surface area contributed by atoms with Gasteiger partial charge in [-0.25, -0.2) is 4.39 Å². The SMILES string of the molecule is CC(CN1CCC(C)(c2cccc(F)c2)C(C)C1)[C@H](C)N. The molecule has 2 rings (SSSR count). The summed E-state index contributed by atoms with van der Waals surface area (Å²) in [5, 5.41) is 0.